The van der Waals surface area contributed by atoms with Crippen LogP contribution in [0, 0.1) is 20.8 Å². The van der Waals surface area contributed by atoms with E-state index in [1.807, 2.05) is 0 Å². The van der Waals surface area contributed by atoms with Crippen LogP contribution in [0.25, 0.3) is 0 Å². The van der Waals surface area contributed by atoms with Crippen LogP contribution in [0.5, 0.6) is 0 Å². The standard InChI is InChI=1S/C26H37N2/c1-18(2)23-11-10-12-24(19(3)4)26(23)28-14-9-8-13-27(17-28)25-21(6)15-20(5)16-22(25)7/h10-12,15-19H,8-9,13-14H2,1-7H3/q+1. The van der Waals surface area contributed by atoms with Gasteiger partial charge in [0, 0.05) is 11.1 Å². The first-order chi connectivity index (χ1) is 13.3. The Morgan fingerprint density at radius 2 is 1.43 bits per heavy atom. The third-order valence-electron chi connectivity index (χ3n) is 5.88. The van der Waals surface area contributed by atoms with E-state index in [9.17, 15) is 0 Å². The van der Waals surface area contributed by atoms with Gasteiger partial charge >= 0.3 is 0 Å². The highest BCUT2D eigenvalue weighted by atomic mass is 15.2. The molecule has 0 radical (unpaired) electrons. The van der Waals surface area contributed by atoms with Crippen LogP contribution in [-0.4, -0.2) is 24.0 Å². The summed E-state index contributed by atoms with van der Waals surface area (Å²) in [6.45, 7) is 18.1. The minimum absolute atomic E-state index is 0.515. The summed E-state index contributed by atoms with van der Waals surface area (Å²) < 4.78 is 2.50. The Morgan fingerprint density at radius 1 is 0.857 bits per heavy atom. The van der Waals surface area contributed by atoms with Crippen molar-refractivity contribution in [1.29, 1.82) is 0 Å². The van der Waals surface area contributed by atoms with E-state index in [1.54, 1.807) is 0 Å². The minimum Gasteiger partial charge on any atom is -0.233 e. The first kappa shape index (κ1) is 20.6. The molecule has 0 spiro atoms. The quantitative estimate of drug-likeness (QED) is 0.529. The second-order valence-corrected chi connectivity index (χ2v) is 9.05. The first-order valence-electron chi connectivity index (χ1n) is 10.9. The third-order valence-corrected chi connectivity index (χ3v) is 5.88. The maximum absolute atomic E-state index is 2.54. The van der Waals surface area contributed by atoms with Crippen LogP contribution in [0.3, 0.4) is 0 Å². The lowest BCUT2D eigenvalue weighted by Crippen LogP contribution is -2.28. The Hall–Kier alpha value is -2.09. The summed E-state index contributed by atoms with van der Waals surface area (Å²) in [4.78, 5) is 2.54. The second-order valence-electron chi connectivity index (χ2n) is 9.05. The summed E-state index contributed by atoms with van der Waals surface area (Å²) in [5.41, 5.74) is 9.82. The van der Waals surface area contributed by atoms with E-state index in [-0.39, 0.29) is 0 Å². The molecule has 2 aromatic carbocycles. The van der Waals surface area contributed by atoms with Crippen molar-refractivity contribution < 1.29 is 4.58 Å². The normalized spacial score (nSPS) is 15.2. The highest BCUT2D eigenvalue weighted by Crippen LogP contribution is 2.36. The van der Waals surface area contributed by atoms with Gasteiger partial charge in [-0.15, -0.1) is 0 Å². The van der Waals surface area contributed by atoms with Crippen LogP contribution in [0.2, 0.25) is 0 Å². The molecule has 0 saturated carbocycles. The zero-order valence-electron chi connectivity index (χ0n) is 18.8. The van der Waals surface area contributed by atoms with E-state index in [0.717, 1.165) is 13.1 Å². The molecular weight excluding hydrogens is 340 g/mol. The lowest BCUT2D eigenvalue weighted by Gasteiger charge is -2.23. The molecule has 0 bridgehead atoms. The third kappa shape index (κ3) is 4.16. The Morgan fingerprint density at radius 3 is 1.96 bits per heavy atom. The van der Waals surface area contributed by atoms with E-state index in [0.29, 0.717) is 11.8 Å². The van der Waals surface area contributed by atoms with Crippen LogP contribution in [-0.2, 0) is 0 Å². The fourth-order valence-electron chi connectivity index (χ4n) is 4.66. The van der Waals surface area contributed by atoms with Crippen molar-refractivity contribution >= 4 is 17.7 Å². The molecule has 0 saturated heterocycles. The Kier molecular flexibility index (Phi) is 6.27. The topological polar surface area (TPSA) is 6.25 Å². The number of anilines is 1. The maximum Gasteiger partial charge on any atom is 0.244 e. The second kappa shape index (κ2) is 8.51. The first-order valence-corrected chi connectivity index (χ1v) is 10.9. The average Bonchev–Trinajstić information content (AvgIpc) is 2.86. The molecular formula is C26H37N2+. The molecule has 0 unspecified atom stereocenters. The molecule has 1 aliphatic heterocycles. The van der Waals surface area contributed by atoms with E-state index in [4.69, 9.17) is 0 Å². The van der Waals surface area contributed by atoms with Crippen LogP contribution in [0.15, 0.2) is 30.3 Å². The van der Waals surface area contributed by atoms with Gasteiger partial charge in [0.15, 0.2) is 0 Å². The van der Waals surface area contributed by atoms with Crippen molar-refractivity contribution in [2.75, 3.05) is 18.0 Å². The highest BCUT2D eigenvalue weighted by Gasteiger charge is 2.26. The monoisotopic (exact) mass is 377 g/mol. The largest absolute Gasteiger partial charge is 0.244 e. The molecule has 0 amide bonds. The summed E-state index contributed by atoms with van der Waals surface area (Å²) in [6, 6.07) is 11.5. The lowest BCUT2D eigenvalue weighted by molar-refractivity contribution is -0.437. The predicted molar refractivity (Wildman–Crippen MR) is 123 cm³/mol. The maximum atomic E-state index is 2.54. The van der Waals surface area contributed by atoms with Crippen molar-refractivity contribution in [2.45, 2.75) is 73.1 Å². The van der Waals surface area contributed by atoms with Crippen LogP contribution in [0.1, 0.15) is 80.2 Å². The zero-order chi connectivity index (χ0) is 20.4. The number of rotatable bonds is 4. The van der Waals surface area contributed by atoms with E-state index < -0.39 is 0 Å². The lowest BCUT2D eigenvalue weighted by atomic mass is 9.92. The molecule has 0 aliphatic carbocycles. The van der Waals surface area contributed by atoms with Crippen molar-refractivity contribution in [2.24, 2.45) is 0 Å². The average molecular weight is 378 g/mol. The molecule has 0 fully saturated rings. The molecule has 1 heterocycles. The number of hydrogen-bond donors (Lipinski definition) is 0. The van der Waals surface area contributed by atoms with Gasteiger partial charge in [-0.3, -0.25) is 0 Å². The number of aryl methyl sites for hydroxylation is 3. The number of para-hydroxylation sites is 1. The van der Waals surface area contributed by atoms with Gasteiger partial charge in [-0.2, -0.15) is 0 Å². The molecule has 28 heavy (non-hydrogen) atoms. The van der Waals surface area contributed by atoms with Gasteiger partial charge in [0.05, 0.1) is 13.1 Å². The molecule has 150 valence electrons. The number of hydrogen-bond acceptors (Lipinski definition) is 1. The van der Waals surface area contributed by atoms with Gasteiger partial charge in [-0.05, 0) is 56.6 Å². The molecule has 2 heteroatoms. The molecule has 1 aliphatic rings. The van der Waals surface area contributed by atoms with Crippen LogP contribution >= 0.6 is 0 Å². The van der Waals surface area contributed by atoms with Gasteiger partial charge in [0.2, 0.25) is 6.34 Å². The molecule has 2 nitrogen and oxygen atoms in total. The molecule has 0 atom stereocenters. The molecule has 2 aromatic rings. The Bertz CT molecular complexity index is 825. The van der Waals surface area contributed by atoms with Crippen molar-refractivity contribution in [3.8, 4) is 0 Å². The highest BCUT2D eigenvalue weighted by molar-refractivity contribution is 5.81. The SMILES string of the molecule is Cc1cc(C)c([N+]2=CN(c3c(C(C)C)cccc3C(C)C)CCCC2)c(C)c1. The van der Waals surface area contributed by atoms with Gasteiger partial charge < -0.3 is 0 Å². The summed E-state index contributed by atoms with van der Waals surface area (Å²) >= 11 is 0. The van der Waals surface area contributed by atoms with E-state index in [2.05, 4.69) is 94.6 Å². The van der Waals surface area contributed by atoms with Crippen LogP contribution in [0.4, 0.5) is 11.4 Å². The molecule has 3 rings (SSSR count). The van der Waals surface area contributed by atoms with Crippen molar-refractivity contribution in [3.05, 3.63) is 58.1 Å². The number of nitrogens with zero attached hydrogens (tertiary/aromatic N) is 2. The number of benzene rings is 2. The fourth-order valence-corrected chi connectivity index (χ4v) is 4.66. The summed E-state index contributed by atoms with van der Waals surface area (Å²) in [6.07, 6.45) is 4.84. The minimum atomic E-state index is 0.515. The van der Waals surface area contributed by atoms with Gasteiger partial charge in [0.25, 0.3) is 0 Å². The van der Waals surface area contributed by atoms with Gasteiger partial charge in [-0.25, -0.2) is 9.48 Å². The summed E-state index contributed by atoms with van der Waals surface area (Å²) in [7, 11) is 0. The molecule has 0 aromatic heterocycles. The molecule has 0 N–H and O–H groups in total. The smallest absolute Gasteiger partial charge is 0.233 e. The summed E-state index contributed by atoms with van der Waals surface area (Å²) in [5, 5.41) is 0. The summed E-state index contributed by atoms with van der Waals surface area (Å²) in [5.74, 6) is 1.03. The van der Waals surface area contributed by atoms with E-state index in [1.165, 1.54) is 52.0 Å². The van der Waals surface area contributed by atoms with E-state index >= 15 is 0 Å². The van der Waals surface area contributed by atoms with Crippen molar-refractivity contribution in [3.63, 3.8) is 0 Å². The Balaban J connectivity index is 2.17. The zero-order valence-corrected chi connectivity index (χ0v) is 18.8. The Labute approximate surface area is 171 Å². The van der Waals surface area contributed by atoms with Gasteiger partial charge in [0.1, 0.15) is 11.4 Å². The van der Waals surface area contributed by atoms with Crippen LogP contribution < -0.4 is 4.90 Å². The van der Waals surface area contributed by atoms with Crippen molar-refractivity contribution in [1.82, 2.24) is 0 Å². The fraction of sp³-hybridized carbons (Fsp3) is 0.500. The predicted octanol–water partition coefficient (Wildman–Crippen LogP) is 6.83. The van der Waals surface area contributed by atoms with Gasteiger partial charge in [-0.1, -0.05) is 63.6 Å².